The molecule has 7 heteroatoms. The Morgan fingerprint density at radius 1 is 1.32 bits per heavy atom. The van der Waals surface area contributed by atoms with Crippen LogP contribution in [0.3, 0.4) is 0 Å². The summed E-state index contributed by atoms with van der Waals surface area (Å²) in [6.45, 7) is 4.66. The lowest BCUT2D eigenvalue weighted by molar-refractivity contribution is -0.265. The van der Waals surface area contributed by atoms with Gasteiger partial charge in [0.1, 0.15) is 12.0 Å². The molecule has 2 nitrogen and oxygen atoms in total. The highest BCUT2D eigenvalue weighted by molar-refractivity contribution is 5.87. The third-order valence-electron chi connectivity index (χ3n) is 3.88. The van der Waals surface area contributed by atoms with Crippen LogP contribution < -0.4 is 0 Å². The molecular weight excluding hydrogens is 271 g/mol. The molecule has 2 aliphatic rings. The van der Waals surface area contributed by atoms with Gasteiger partial charge in [-0.05, 0) is 25.7 Å². The predicted molar refractivity (Wildman–Crippen MR) is 55.4 cm³/mol. The van der Waals surface area contributed by atoms with E-state index in [1.54, 1.807) is 0 Å². The van der Waals surface area contributed by atoms with Gasteiger partial charge in [-0.1, -0.05) is 6.58 Å². The fourth-order valence-corrected chi connectivity index (χ4v) is 3.11. The zero-order valence-electron chi connectivity index (χ0n) is 10.1. The van der Waals surface area contributed by atoms with E-state index < -0.39 is 41.9 Å². The van der Waals surface area contributed by atoms with E-state index in [4.69, 9.17) is 4.74 Å². The van der Waals surface area contributed by atoms with Gasteiger partial charge < -0.3 is 4.74 Å². The summed E-state index contributed by atoms with van der Waals surface area (Å²) in [5, 5.41) is 0. The van der Waals surface area contributed by atoms with E-state index in [0.29, 0.717) is 0 Å². The van der Waals surface area contributed by atoms with Crippen LogP contribution >= 0.6 is 0 Å². The van der Waals surface area contributed by atoms with Crippen molar-refractivity contribution in [1.82, 2.24) is 0 Å². The first-order valence-corrected chi connectivity index (χ1v) is 5.86. The summed E-state index contributed by atoms with van der Waals surface area (Å²) in [6.07, 6.45) is -6.50. The highest BCUT2D eigenvalue weighted by Crippen LogP contribution is 2.62. The summed E-state index contributed by atoms with van der Waals surface area (Å²) in [6, 6.07) is 0. The van der Waals surface area contributed by atoms with Crippen molar-refractivity contribution in [3.8, 4) is 0 Å². The molecule has 2 fully saturated rings. The quantitative estimate of drug-likeness (QED) is 0.442. The zero-order chi connectivity index (χ0) is 14.6. The largest absolute Gasteiger partial charge is 0.458 e. The molecule has 2 saturated carbocycles. The number of rotatable bonds is 2. The molecule has 0 spiro atoms. The number of ether oxygens (including phenoxy) is 1. The van der Waals surface area contributed by atoms with Gasteiger partial charge in [0.05, 0.1) is 5.92 Å². The van der Waals surface area contributed by atoms with Gasteiger partial charge in [-0.25, -0.2) is 13.6 Å². The first kappa shape index (κ1) is 14.3. The monoisotopic (exact) mass is 284 g/mol. The average molecular weight is 284 g/mol. The molecule has 0 saturated heterocycles. The highest BCUT2D eigenvalue weighted by atomic mass is 19.4. The third kappa shape index (κ3) is 2.23. The molecule has 0 aromatic carbocycles. The first-order chi connectivity index (χ1) is 8.55. The highest BCUT2D eigenvalue weighted by Gasteiger charge is 2.72. The maximum atomic E-state index is 13.8. The fraction of sp³-hybridized carbons (Fsp3) is 0.750. The molecule has 0 radical (unpaired) electrons. The minimum Gasteiger partial charge on any atom is -0.458 e. The van der Waals surface area contributed by atoms with Gasteiger partial charge in [-0.15, -0.1) is 0 Å². The molecule has 108 valence electrons. The second kappa shape index (κ2) is 4.18. The van der Waals surface area contributed by atoms with Gasteiger partial charge in [-0.2, -0.15) is 13.2 Å². The Balaban J connectivity index is 2.15. The van der Waals surface area contributed by atoms with Gasteiger partial charge in [0.2, 0.25) is 0 Å². The second-order valence-corrected chi connectivity index (χ2v) is 5.26. The van der Waals surface area contributed by atoms with E-state index in [1.165, 1.54) is 6.92 Å². The van der Waals surface area contributed by atoms with E-state index in [0.717, 1.165) is 0 Å². The lowest BCUT2D eigenvalue weighted by Crippen LogP contribution is -2.49. The lowest BCUT2D eigenvalue weighted by Gasteiger charge is -2.36. The van der Waals surface area contributed by atoms with Gasteiger partial charge in [0, 0.05) is 5.57 Å². The van der Waals surface area contributed by atoms with Crippen LogP contribution in [-0.4, -0.2) is 24.2 Å². The van der Waals surface area contributed by atoms with E-state index >= 15 is 0 Å². The fourth-order valence-electron chi connectivity index (χ4n) is 3.11. The van der Waals surface area contributed by atoms with Gasteiger partial charge in [0.15, 0.2) is 0 Å². The number of esters is 1. The van der Waals surface area contributed by atoms with Crippen LogP contribution in [0.2, 0.25) is 0 Å². The van der Waals surface area contributed by atoms with Crippen LogP contribution in [-0.2, 0) is 9.53 Å². The molecule has 2 bridgehead atoms. The average Bonchev–Trinajstić information content (AvgIpc) is 2.69. The first-order valence-electron chi connectivity index (χ1n) is 5.86. The van der Waals surface area contributed by atoms with E-state index in [1.807, 2.05) is 0 Å². The van der Waals surface area contributed by atoms with Crippen molar-refractivity contribution >= 4 is 5.97 Å². The second-order valence-electron chi connectivity index (χ2n) is 5.26. The number of carbonyl (C=O) groups excluding carboxylic acids is 1. The number of halogens is 5. The molecule has 0 aromatic heterocycles. The Kier molecular flexibility index (Phi) is 3.14. The Morgan fingerprint density at radius 2 is 1.89 bits per heavy atom. The molecule has 0 N–H and O–H groups in total. The summed E-state index contributed by atoms with van der Waals surface area (Å²) in [5.41, 5.74) is 0.0402. The van der Waals surface area contributed by atoms with Crippen molar-refractivity contribution in [2.75, 3.05) is 0 Å². The summed E-state index contributed by atoms with van der Waals surface area (Å²) >= 11 is 0. The van der Waals surface area contributed by atoms with Crippen molar-refractivity contribution in [3.63, 3.8) is 0 Å². The topological polar surface area (TPSA) is 26.3 Å². The van der Waals surface area contributed by atoms with Crippen LogP contribution in [0.25, 0.3) is 0 Å². The standard InChI is InChI=1S/C12H13F5O2/c1-5(2)10(18)19-8-4-6-3-7(8)11(13,14)9(6)12(15,16)17/h6-9H,1,3-4H2,2H3. The number of hydrogen-bond acceptors (Lipinski definition) is 2. The summed E-state index contributed by atoms with van der Waals surface area (Å²) < 4.78 is 70.2. The number of fused-ring (bicyclic) bond motifs is 2. The van der Waals surface area contributed by atoms with Gasteiger partial charge in [0.25, 0.3) is 5.92 Å². The van der Waals surface area contributed by atoms with E-state index in [9.17, 15) is 26.7 Å². The molecule has 0 aliphatic heterocycles. The molecule has 0 aromatic rings. The number of carbonyl (C=O) groups is 1. The molecule has 2 aliphatic carbocycles. The van der Waals surface area contributed by atoms with Crippen LogP contribution in [0.5, 0.6) is 0 Å². The molecule has 4 atom stereocenters. The van der Waals surface area contributed by atoms with Crippen LogP contribution in [0.15, 0.2) is 12.2 Å². The maximum Gasteiger partial charge on any atom is 0.397 e. The summed E-state index contributed by atoms with van der Waals surface area (Å²) in [5.74, 6) is -10.1. The molecular formula is C12H13F5O2. The maximum absolute atomic E-state index is 13.8. The van der Waals surface area contributed by atoms with Crippen LogP contribution in [0.1, 0.15) is 19.8 Å². The zero-order valence-corrected chi connectivity index (χ0v) is 10.1. The van der Waals surface area contributed by atoms with Crippen molar-refractivity contribution in [2.45, 2.75) is 38.0 Å². The molecule has 4 unspecified atom stereocenters. The SMILES string of the molecule is C=C(C)C(=O)OC1CC2CC1C(F)(F)C2C(F)(F)F. The minimum atomic E-state index is -4.92. The van der Waals surface area contributed by atoms with Crippen LogP contribution in [0, 0.1) is 17.8 Å². The third-order valence-corrected chi connectivity index (χ3v) is 3.88. The molecule has 2 rings (SSSR count). The van der Waals surface area contributed by atoms with Gasteiger partial charge in [-0.3, -0.25) is 0 Å². The van der Waals surface area contributed by atoms with Crippen molar-refractivity contribution in [3.05, 3.63) is 12.2 Å². The smallest absolute Gasteiger partial charge is 0.397 e. The Labute approximate surface area is 106 Å². The van der Waals surface area contributed by atoms with E-state index in [-0.39, 0.29) is 18.4 Å². The van der Waals surface area contributed by atoms with Crippen molar-refractivity contribution in [1.29, 1.82) is 0 Å². The summed E-state index contributed by atoms with van der Waals surface area (Å²) in [4.78, 5) is 11.3. The Hall–Kier alpha value is -1.14. The number of alkyl halides is 5. The van der Waals surface area contributed by atoms with Gasteiger partial charge >= 0.3 is 12.1 Å². The predicted octanol–water partition coefficient (Wildman–Crippen LogP) is 3.33. The molecule has 0 amide bonds. The molecule has 0 heterocycles. The van der Waals surface area contributed by atoms with Crippen molar-refractivity contribution < 1.29 is 31.5 Å². The number of hydrogen-bond donors (Lipinski definition) is 0. The van der Waals surface area contributed by atoms with Crippen molar-refractivity contribution in [2.24, 2.45) is 17.8 Å². The summed E-state index contributed by atoms with van der Waals surface area (Å²) in [7, 11) is 0. The van der Waals surface area contributed by atoms with Crippen LogP contribution in [0.4, 0.5) is 22.0 Å². The lowest BCUT2D eigenvalue weighted by atomic mass is 9.83. The Morgan fingerprint density at radius 3 is 2.32 bits per heavy atom. The Bertz CT molecular complexity index is 415. The van der Waals surface area contributed by atoms with E-state index in [2.05, 4.69) is 6.58 Å². The molecule has 19 heavy (non-hydrogen) atoms. The minimum absolute atomic E-state index is 0.0402. The normalized spacial score (nSPS) is 36.3.